The Labute approximate surface area is 129 Å². The fraction of sp³-hybridized carbons (Fsp3) is 0.571. The lowest BCUT2D eigenvalue weighted by Crippen LogP contribution is -2.32. The molecule has 0 bridgehead atoms. The molecule has 1 fully saturated rings. The van der Waals surface area contributed by atoms with E-state index in [9.17, 15) is 13.2 Å². The number of nitrogens with zero attached hydrogens (tertiary/aromatic N) is 4. The lowest BCUT2D eigenvalue weighted by Gasteiger charge is -2.19. The number of pyridine rings is 1. The third kappa shape index (κ3) is 2.56. The smallest absolute Gasteiger partial charge is 0.249 e. The quantitative estimate of drug-likeness (QED) is 0.846. The number of aromatic nitrogens is 3. The van der Waals surface area contributed by atoms with Crippen molar-refractivity contribution in [1.82, 2.24) is 18.5 Å². The predicted octanol–water partition coefficient (Wildman–Crippen LogP) is 1.08. The van der Waals surface area contributed by atoms with Gasteiger partial charge in [-0.15, -0.1) is 5.10 Å². The van der Waals surface area contributed by atoms with E-state index >= 15 is 0 Å². The van der Waals surface area contributed by atoms with E-state index in [1.165, 1.54) is 25.7 Å². The predicted molar refractivity (Wildman–Crippen MR) is 82.4 cm³/mol. The van der Waals surface area contributed by atoms with Gasteiger partial charge in [-0.25, -0.2) is 22.3 Å². The van der Waals surface area contributed by atoms with Crippen LogP contribution < -0.4 is 5.69 Å². The number of aryl methyl sites for hydroxylation is 1. The van der Waals surface area contributed by atoms with Gasteiger partial charge in [0.2, 0.25) is 10.0 Å². The van der Waals surface area contributed by atoms with E-state index in [0.717, 1.165) is 25.7 Å². The molecule has 2 aromatic heterocycles. The van der Waals surface area contributed by atoms with Gasteiger partial charge in [-0.2, -0.15) is 4.31 Å². The normalized spacial score (nSPS) is 17.7. The Balaban J connectivity index is 2.04. The van der Waals surface area contributed by atoms with Crippen molar-refractivity contribution < 1.29 is 8.42 Å². The molecule has 3 rings (SSSR count). The van der Waals surface area contributed by atoms with Gasteiger partial charge in [0.1, 0.15) is 0 Å². The fourth-order valence-electron chi connectivity index (χ4n) is 2.79. The molecule has 0 amide bonds. The van der Waals surface area contributed by atoms with Crippen LogP contribution in [-0.4, -0.2) is 40.0 Å². The molecule has 0 aliphatic carbocycles. The number of hydrogen-bond donors (Lipinski definition) is 0. The zero-order valence-electron chi connectivity index (χ0n) is 12.6. The molecule has 1 saturated heterocycles. The van der Waals surface area contributed by atoms with Gasteiger partial charge in [0.15, 0.2) is 5.65 Å². The Hall–Kier alpha value is -1.67. The third-order valence-corrected chi connectivity index (χ3v) is 5.93. The summed E-state index contributed by atoms with van der Waals surface area (Å²) < 4.78 is 29.7. The molecule has 0 saturated carbocycles. The van der Waals surface area contributed by atoms with Crippen molar-refractivity contribution in [2.24, 2.45) is 0 Å². The molecule has 120 valence electrons. The topological polar surface area (TPSA) is 76.7 Å². The zero-order valence-corrected chi connectivity index (χ0v) is 13.4. The van der Waals surface area contributed by atoms with E-state index < -0.39 is 10.0 Å². The first-order valence-electron chi connectivity index (χ1n) is 7.63. The number of sulfonamides is 1. The van der Waals surface area contributed by atoms with Gasteiger partial charge in [-0.05, 0) is 31.9 Å². The van der Waals surface area contributed by atoms with E-state index in [2.05, 4.69) is 5.10 Å². The maximum Gasteiger partial charge on any atom is 0.350 e. The van der Waals surface area contributed by atoms with Crippen LogP contribution in [0.15, 0.2) is 28.0 Å². The van der Waals surface area contributed by atoms with Crippen LogP contribution >= 0.6 is 0 Å². The van der Waals surface area contributed by atoms with Gasteiger partial charge in [-0.1, -0.05) is 12.8 Å². The summed E-state index contributed by atoms with van der Waals surface area (Å²) in [6.07, 6.45) is 5.28. The molecule has 0 aromatic carbocycles. The molecule has 0 unspecified atom stereocenters. The second-order valence-corrected chi connectivity index (χ2v) is 7.45. The van der Waals surface area contributed by atoms with Gasteiger partial charge in [0, 0.05) is 25.8 Å². The van der Waals surface area contributed by atoms with Crippen LogP contribution in [0.5, 0.6) is 0 Å². The van der Waals surface area contributed by atoms with Crippen molar-refractivity contribution in [3.63, 3.8) is 0 Å². The van der Waals surface area contributed by atoms with Crippen LogP contribution in [0.3, 0.4) is 0 Å². The largest absolute Gasteiger partial charge is 0.350 e. The fourth-order valence-corrected chi connectivity index (χ4v) is 4.30. The van der Waals surface area contributed by atoms with Crippen LogP contribution in [0, 0.1) is 0 Å². The lowest BCUT2D eigenvalue weighted by molar-refractivity contribution is 0.423. The highest BCUT2D eigenvalue weighted by atomic mass is 32.2. The molecule has 0 spiro atoms. The van der Waals surface area contributed by atoms with Gasteiger partial charge in [-0.3, -0.25) is 0 Å². The first kappa shape index (κ1) is 15.2. The van der Waals surface area contributed by atoms with Crippen LogP contribution in [0.2, 0.25) is 0 Å². The molecule has 22 heavy (non-hydrogen) atoms. The minimum absolute atomic E-state index is 0.152. The molecule has 1 aliphatic heterocycles. The second kappa shape index (κ2) is 5.85. The first-order valence-corrected chi connectivity index (χ1v) is 9.07. The van der Waals surface area contributed by atoms with E-state index in [4.69, 9.17) is 0 Å². The second-order valence-electron chi connectivity index (χ2n) is 5.51. The molecule has 0 N–H and O–H groups in total. The van der Waals surface area contributed by atoms with E-state index in [-0.39, 0.29) is 10.6 Å². The Morgan fingerprint density at radius 3 is 2.45 bits per heavy atom. The van der Waals surface area contributed by atoms with Crippen molar-refractivity contribution >= 4 is 15.7 Å². The van der Waals surface area contributed by atoms with Gasteiger partial charge in [0.05, 0.1) is 4.90 Å². The van der Waals surface area contributed by atoms with E-state index in [1.54, 1.807) is 6.07 Å². The minimum atomic E-state index is -3.55. The van der Waals surface area contributed by atoms with Crippen molar-refractivity contribution in [3.8, 4) is 0 Å². The molecule has 1 aliphatic rings. The molecular weight excluding hydrogens is 304 g/mol. The third-order valence-electron chi connectivity index (χ3n) is 4.05. The van der Waals surface area contributed by atoms with Gasteiger partial charge >= 0.3 is 5.69 Å². The SMILES string of the molecule is CCn1nc2ccc(S(=O)(=O)N3CCCCCC3)cn2c1=O. The maximum absolute atomic E-state index is 12.8. The Morgan fingerprint density at radius 1 is 1.14 bits per heavy atom. The van der Waals surface area contributed by atoms with Crippen molar-refractivity contribution in [1.29, 1.82) is 0 Å². The molecular formula is C14H20N4O3S. The van der Waals surface area contributed by atoms with Gasteiger partial charge < -0.3 is 0 Å². The maximum atomic E-state index is 12.8. The monoisotopic (exact) mass is 324 g/mol. The summed E-state index contributed by atoms with van der Waals surface area (Å²) in [5.74, 6) is 0. The standard InChI is InChI=1S/C14H20N4O3S/c1-2-18-14(19)17-11-12(7-8-13(17)15-18)22(20,21)16-9-5-3-4-6-10-16/h7-8,11H,2-6,9-10H2,1H3. The molecule has 2 aromatic rings. The summed E-state index contributed by atoms with van der Waals surface area (Å²) >= 11 is 0. The summed E-state index contributed by atoms with van der Waals surface area (Å²) in [6, 6.07) is 3.11. The van der Waals surface area contributed by atoms with Crippen molar-refractivity contribution in [2.45, 2.75) is 44.0 Å². The van der Waals surface area contributed by atoms with Gasteiger partial charge in [0.25, 0.3) is 0 Å². The Morgan fingerprint density at radius 2 is 1.82 bits per heavy atom. The minimum Gasteiger partial charge on any atom is -0.249 e. The van der Waals surface area contributed by atoms with Crippen molar-refractivity contribution in [2.75, 3.05) is 13.1 Å². The summed E-state index contributed by atoms with van der Waals surface area (Å²) in [5, 5.41) is 4.14. The summed E-state index contributed by atoms with van der Waals surface area (Å²) in [4.78, 5) is 12.3. The highest BCUT2D eigenvalue weighted by Crippen LogP contribution is 2.20. The molecule has 7 nitrogen and oxygen atoms in total. The van der Waals surface area contributed by atoms with E-state index in [0.29, 0.717) is 25.3 Å². The Bertz CT molecular complexity index is 829. The summed E-state index contributed by atoms with van der Waals surface area (Å²) in [6.45, 7) is 3.37. The molecule has 0 atom stereocenters. The lowest BCUT2D eigenvalue weighted by atomic mass is 10.2. The highest BCUT2D eigenvalue weighted by molar-refractivity contribution is 7.89. The zero-order chi connectivity index (χ0) is 15.7. The highest BCUT2D eigenvalue weighted by Gasteiger charge is 2.25. The average molecular weight is 324 g/mol. The van der Waals surface area contributed by atoms with Crippen LogP contribution in [0.4, 0.5) is 0 Å². The number of fused-ring (bicyclic) bond motifs is 1. The molecule has 0 radical (unpaired) electrons. The average Bonchev–Trinajstić information content (AvgIpc) is 2.71. The first-order chi connectivity index (χ1) is 10.5. The van der Waals surface area contributed by atoms with Crippen LogP contribution in [-0.2, 0) is 16.6 Å². The summed E-state index contributed by atoms with van der Waals surface area (Å²) in [5.41, 5.74) is 0.145. The number of hydrogen-bond acceptors (Lipinski definition) is 4. The Kier molecular flexibility index (Phi) is 4.05. The van der Waals surface area contributed by atoms with Crippen LogP contribution in [0.25, 0.3) is 5.65 Å². The van der Waals surface area contributed by atoms with Crippen LogP contribution in [0.1, 0.15) is 32.6 Å². The number of rotatable bonds is 3. The molecule has 3 heterocycles. The molecule has 8 heteroatoms. The summed E-state index contributed by atoms with van der Waals surface area (Å²) in [7, 11) is -3.55. The van der Waals surface area contributed by atoms with Crippen molar-refractivity contribution in [3.05, 3.63) is 28.8 Å². The van der Waals surface area contributed by atoms with E-state index in [1.807, 2.05) is 6.92 Å².